The minimum absolute atomic E-state index is 0.0381. The molecule has 1 saturated carbocycles. The fraction of sp³-hybridized carbons (Fsp3) is 0.333. The van der Waals surface area contributed by atoms with E-state index < -0.39 is 15.8 Å². The summed E-state index contributed by atoms with van der Waals surface area (Å²) in [7, 11) is -3.45. The van der Waals surface area contributed by atoms with E-state index in [1.165, 1.54) is 23.8 Å². The van der Waals surface area contributed by atoms with Gasteiger partial charge in [0.15, 0.2) is 0 Å². The second-order valence-corrected chi connectivity index (χ2v) is 8.18. The van der Waals surface area contributed by atoms with Crippen molar-refractivity contribution in [1.82, 2.24) is 4.72 Å². The quantitative estimate of drug-likeness (QED) is 0.845. The molecule has 0 aliphatic heterocycles. The van der Waals surface area contributed by atoms with Crippen molar-refractivity contribution in [3.05, 3.63) is 71.5 Å². The number of rotatable bonds is 7. The molecule has 0 radical (unpaired) electrons. The van der Waals surface area contributed by atoms with Crippen molar-refractivity contribution >= 4 is 10.0 Å². The fourth-order valence-electron chi connectivity index (χ4n) is 2.78. The van der Waals surface area contributed by atoms with Crippen LogP contribution in [0.25, 0.3) is 0 Å². The fourth-order valence-corrected chi connectivity index (χ4v) is 4.03. The SMILES string of the molecule is O=S(=O)(Cc1cccc(F)c1)NCC1(Cc2ccccc2)CC1. The monoisotopic (exact) mass is 333 g/mol. The Labute approximate surface area is 136 Å². The van der Waals surface area contributed by atoms with Crippen molar-refractivity contribution < 1.29 is 12.8 Å². The van der Waals surface area contributed by atoms with Crippen LogP contribution in [-0.4, -0.2) is 15.0 Å². The molecule has 0 heterocycles. The summed E-state index contributed by atoms with van der Waals surface area (Å²) in [5.74, 6) is -0.605. The van der Waals surface area contributed by atoms with Gasteiger partial charge in [-0.25, -0.2) is 17.5 Å². The second-order valence-electron chi connectivity index (χ2n) is 6.37. The molecule has 0 aromatic heterocycles. The van der Waals surface area contributed by atoms with Crippen LogP contribution < -0.4 is 4.72 Å². The molecule has 1 aliphatic rings. The van der Waals surface area contributed by atoms with Crippen LogP contribution in [0.1, 0.15) is 24.0 Å². The molecular formula is C18H20FNO2S. The van der Waals surface area contributed by atoms with Gasteiger partial charge in [-0.2, -0.15) is 0 Å². The Morgan fingerprint density at radius 2 is 1.70 bits per heavy atom. The number of hydrogen-bond acceptors (Lipinski definition) is 2. The van der Waals surface area contributed by atoms with Crippen molar-refractivity contribution in [3.8, 4) is 0 Å². The minimum Gasteiger partial charge on any atom is -0.214 e. The van der Waals surface area contributed by atoms with Crippen molar-refractivity contribution in [2.24, 2.45) is 5.41 Å². The molecule has 2 aromatic carbocycles. The first-order valence-electron chi connectivity index (χ1n) is 7.72. The average molecular weight is 333 g/mol. The van der Waals surface area contributed by atoms with Crippen molar-refractivity contribution in [2.75, 3.05) is 6.54 Å². The maximum absolute atomic E-state index is 13.2. The molecule has 5 heteroatoms. The predicted molar refractivity (Wildman–Crippen MR) is 88.8 cm³/mol. The van der Waals surface area contributed by atoms with Crippen molar-refractivity contribution in [3.63, 3.8) is 0 Å². The van der Waals surface area contributed by atoms with E-state index in [0.717, 1.165) is 19.3 Å². The van der Waals surface area contributed by atoms with Gasteiger partial charge >= 0.3 is 0 Å². The lowest BCUT2D eigenvalue weighted by molar-refractivity contribution is 0.487. The van der Waals surface area contributed by atoms with E-state index in [9.17, 15) is 12.8 Å². The maximum atomic E-state index is 13.2. The first kappa shape index (κ1) is 16.1. The van der Waals surface area contributed by atoms with E-state index in [4.69, 9.17) is 0 Å². The van der Waals surface area contributed by atoms with Crippen LogP contribution in [0.5, 0.6) is 0 Å². The molecule has 122 valence electrons. The lowest BCUT2D eigenvalue weighted by atomic mass is 9.97. The third kappa shape index (κ3) is 4.62. The predicted octanol–water partition coefficient (Wildman–Crippen LogP) is 3.27. The first-order chi connectivity index (χ1) is 11.0. The standard InChI is InChI=1S/C18H20FNO2S/c19-17-8-4-7-16(11-17)13-23(21,22)20-14-18(9-10-18)12-15-5-2-1-3-6-15/h1-8,11,20H,9-10,12-14H2. The normalized spacial score (nSPS) is 16.2. The maximum Gasteiger partial charge on any atom is 0.215 e. The highest BCUT2D eigenvalue weighted by atomic mass is 32.2. The zero-order valence-corrected chi connectivity index (χ0v) is 13.7. The number of hydrogen-bond donors (Lipinski definition) is 1. The molecule has 2 aromatic rings. The molecule has 3 nitrogen and oxygen atoms in total. The Morgan fingerprint density at radius 1 is 1.00 bits per heavy atom. The van der Waals surface area contributed by atoms with Gasteiger partial charge in [0.1, 0.15) is 5.82 Å². The molecule has 0 saturated heterocycles. The summed E-state index contributed by atoms with van der Waals surface area (Å²) < 4.78 is 40.3. The van der Waals surface area contributed by atoms with Crippen LogP contribution in [0, 0.1) is 11.2 Å². The van der Waals surface area contributed by atoms with Gasteiger partial charge in [-0.1, -0.05) is 42.5 Å². The summed E-state index contributed by atoms with van der Waals surface area (Å²) in [6, 6.07) is 15.8. The van der Waals surface area contributed by atoms with Crippen LogP contribution in [-0.2, 0) is 22.2 Å². The Hall–Kier alpha value is -1.72. The summed E-state index contributed by atoms with van der Waals surface area (Å²) in [4.78, 5) is 0. The molecule has 3 rings (SSSR count). The smallest absolute Gasteiger partial charge is 0.214 e. The molecule has 1 N–H and O–H groups in total. The Kier molecular flexibility index (Phi) is 4.50. The average Bonchev–Trinajstić information content (AvgIpc) is 3.26. The summed E-state index contributed by atoms with van der Waals surface area (Å²) in [5.41, 5.74) is 1.73. The Morgan fingerprint density at radius 3 is 2.35 bits per heavy atom. The topological polar surface area (TPSA) is 46.2 Å². The van der Waals surface area contributed by atoms with Crippen LogP contribution in [0.3, 0.4) is 0 Å². The van der Waals surface area contributed by atoms with E-state index in [1.54, 1.807) is 6.07 Å². The molecule has 23 heavy (non-hydrogen) atoms. The zero-order chi connectivity index (χ0) is 16.3. The summed E-state index contributed by atoms with van der Waals surface area (Å²) >= 11 is 0. The number of nitrogens with one attached hydrogen (secondary N) is 1. The molecule has 0 unspecified atom stereocenters. The zero-order valence-electron chi connectivity index (χ0n) is 12.8. The number of sulfonamides is 1. The van der Waals surface area contributed by atoms with E-state index in [0.29, 0.717) is 12.1 Å². The van der Waals surface area contributed by atoms with Gasteiger partial charge in [0.05, 0.1) is 5.75 Å². The minimum atomic E-state index is -3.45. The van der Waals surface area contributed by atoms with Gasteiger partial charge in [-0.3, -0.25) is 0 Å². The largest absolute Gasteiger partial charge is 0.215 e. The van der Waals surface area contributed by atoms with Gasteiger partial charge in [0.25, 0.3) is 0 Å². The Bertz CT molecular complexity index is 771. The van der Waals surface area contributed by atoms with E-state index >= 15 is 0 Å². The highest BCUT2D eigenvalue weighted by Gasteiger charge is 2.42. The molecule has 1 fully saturated rings. The van der Waals surface area contributed by atoms with Gasteiger partial charge in [-0.15, -0.1) is 0 Å². The molecule has 0 bridgehead atoms. The Balaban J connectivity index is 1.59. The van der Waals surface area contributed by atoms with Gasteiger partial charge < -0.3 is 0 Å². The van der Waals surface area contributed by atoms with E-state index in [2.05, 4.69) is 16.9 Å². The number of halogens is 1. The third-order valence-corrected chi connectivity index (χ3v) is 5.59. The van der Waals surface area contributed by atoms with Gasteiger partial charge in [0, 0.05) is 6.54 Å². The second kappa shape index (κ2) is 6.42. The first-order valence-corrected chi connectivity index (χ1v) is 9.37. The van der Waals surface area contributed by atoms with E-state index in [1.807, 2.05) is 18.2 Å². The van der Waals surface area contributed by atoms with Crippen LogP contribution in [0.4, 0.5) is 4.39 Å². The van der Waals surface area contributed by atoms with Crippen LogP contribution in [0.15, 0.2) is 54.6 Å². The summed E-state index contributed by atoms with van der Waals surface area (Å²) in [6.07, 6.45) is 2.95. The molecular weight excluding hydrogens is 313 g/mol. The van der Waals surface area contributed by atoms with Gasteiger partial charge in [-0.05, 0) is 47.9 Å². The van der Waals surface area contributed by atoms with Crippen LogP contribution >= 0.6 is 0 Å². The molecule has 0 amide bonds. The molecule has 0 atom stereocenters. The lowest BCUT2D eigenvalue weighted by Gasteiger charge is -2.16. The molecule has 1 aliphatic carbocycles. The third-order valence-electron chi connectivity index (χ3n) is 4.29. The lowest BCUT2D eigenvalue weighted by Crippen LogP contribution is -2.32. The number of benzene rings is 2. The highest BCUT2D eigenvalue weighted by Crippen LogP contribution is 2.47. The highest BCUT2D eigenvalue weighted by molar-refractivity contribution is 7.88. The molecule has 0 spiro atoms. The summed E-state index contributed by atoms with van der Waals surface area (Å²) in [6.45, 7) is 0.444. The van der Waals surface area contributed by atoms with E-state index in [-0.39, 0.29) is 11.2 Å². The van der Waals surface area contributed by atoms with Crippen LogP contribution in [0.2, 0.25) is 0 Å². The van der Waals surface area contributed by atoms with Crippen molar-refractivity contribution in [2.45, 2.75) is 25.0 Å². The van der Waals surface area contributed by atoms with Crippen molar-refractivity contribution in [1.29, 1.82) is 0 Å². The summed E-state index contributed by atoms with van der Waals surface area (Å²) in [5, 5.41) is 0. The van der Waals surface area contributed by atoms with Gasteiger partial charge in [0.2, 0.25) is 10.0 Å².